The van der Waals surface area contributed by atoms with Crippen LogP contribution in [0.2, 0.25) is 0 Å². The van der Waals surface area contributed by atoms with Crippen LogP contribution in [0.15, 0.2) is 45.0 Å². The lowest BCUT2D eigenvalue weighted by Gasteiger charge is -2.36. The van der Waals surface area contributed by atoms with Gasteiger partial charge < -0.3 is 27.1 Å². The highest BCUT2D eigenvalue weighted by Gasteiger charge is 2.27. The molecule has 2 aromatic carbocycles. The van der Waals surface area contributed by atoms with E-state index < -0.39 is 45.0 Å². The van der Waals surface area contributed by atoms with Crippen LogP contribution in [0.5, 0.6) is 0 Å². The molecular weight excluding hydrogens is 727 g/mol. The van der Waals surface area contributed by atoms with Crippen molar-refractivity contribution in [2.45, 2.75) is 129 Å². The molecule has 0 aromatic heterocycles. The molecule has 300 valence electrons. The third-order valence-corrected chi connectivity index (χ3v) is 13.2. The van der Waals surface area contributed by atoms with Gasteiger partial charge in [0.15, 0.2) is 0 Å². The summed E-state index contributed by atoms with van der Waals surface area (Å²) in [4.78, 5) is -2.81. The maximum Gasteiger partial charge on any atom is 0.125 e. The molecule has 3 fully saturated rings. The molecular formula is C37H65N3O9S3. The molecule has 52 heavy (non-hydrogen) atoms. The summed E-state index contributed by atoms with van der Waals surface area (Å²) in [6, 6.07) is 6.20. The van der Waals surface area contributed by atoms with Gasteiger partial charge in [0.2, 0.25) is 0 Å². The predicted octanol–water partition coefficient (Wildman–Crippen LogP) is 5.63. The van der Waals surface area contributed by atoms with Gasteiger partial charge in [0.05, 0.1) is 96.2 Å². The van der Waals surface area contributed by atoms with Crippen molar-refractivity contribution >= 4 is 41.1 Å². The largest absolute Gasteiger partial charge is 0.744 e. The van der Waals surface area contributed by atoms with E-state index in [0.717, 1.165) is 30.3 Å². The van der Waals surface area contributed by atoms with Gasteiger partial charge in [-0.05, 0) is 112 Å². The second kappa shape index (κ2) is 18.8. The van der Waals surface area contributed by atoms with E-state index in [0.29, 0.717) is 18.2 Å². The Kier molecular flexibility index (Phi) is 16.8. The molecule has 3 saturated carbocycles. The quantitative estimate of drug-likeness (QED) is 0.266. The van der Waals surface area contributed by atoms with Crippen molar-refractivity contribution in [1.82, 2.24) is 0 Å². The fourth-order valence-electron chi connectivity index (χ4n) is 7.36. The minimum absolute atomic E-state index is 0.310. The summed E-state index contributed by atoms with van der Waals surface area (Å²) in [6.07, 6.45) is 21.8. The summed E-state index contributed by atoms with van der Waals surface area (Å²) < 4.78 is 103. The number of quaternary nitrogens is 3. The lowest BCUT2D eigenvalue weighted by Crippen LogP contribution is -2.45. The molecule has 3 aliphatic carbocycles. The van der Waals surface area contributed by atoms with E-state index >= 15 is 0 Å². The molecule has 0 saturated heterocycles. The molecule has 0 heterocycles. The number of benzene rings is 2. The fourth-order valence-corrected chi connectivity index (χ4v) is 9.20. The Morgan fingerprint density at radius 1 is 0.442 bits per heavy atom. The Bertz CT molecular complexity index is 1690. The SMILES string of the molecule is C[N+](C)(C)C1CCCCC1.C[N+](C)(C)C1CCCCC1.C[N+](C)(C)C1CCCCC1.O=S(=O)([O-])c1ccc2c(S(=O)(=O)[O-])cc(S(=O)(=O)[O-])cc2c1. The number of hydrogen-bond donors (Lipinski definition) is 0. The maximum atomic E-state index is 11.2. The maximum absolute atomic E-state index is 11.2. The van der Waals surface area contributed by atoms with Gasteiger partial charge in [-0.25, -0.2) is 25.3 Å². The molecule has 0 aliphatic heterocycles. The minimum Gasteiger partial charge on any atom is -0.744 e. The number of nitrogens with zero attached hydrogens (tertiary/aromatic N) is 3. The molecule has 0 bridgehead atoms. The van der Waals surface area contributed by atoms with Crippen LogP contribution in [0.1, 0.15) is 96.3 Å². The van der Waals surface area contributed by atoms with Crippen LogP contribution in [0.4, 0.5) is 0 Å². The Labute approximate surface area is 315 Å². The third-order valence-electron chi connectivity index (χ3n) is 10.7. The first-order chi connectivity index (χ1) is 23.6. The van der Waals surface area contributed by atoms with Gasteiger partial charge in [-0.3, -0.25) is 0 Å². The van der Waals surface area contributed by atoms with Crippen molar-refractivity contribution in [2.24, 2.45) is 0 Å². The average molecular weight is 792 g/mol. The van der Waals surface area contributed by atoms with Crippen molar-refractivity contribution in [3.05, 3.63) is 30.3 Å². The molecule has 2 aromatic rings. The molecule has 0 radical (unpaired) electrons. The van der Waals surface area contributed by atoms with Crippen LogP contribution in [0.3, 0.4) is 0 Å². The fraction of sp³-hybridized carbons (Fsp3) is 0.730. The zero-order valence-electron chi connectivity index (χ0n) is 33.0. The summed E-state index contributed by atoms with van der Waals surface area (Å²) in [6.45, 7) is 0. The second-order valence-corrected chi connectivity index (χ2v) is 21.5. The van der Waals surface area contributed by atoms with Gasteiger partial charge in [-0.1, -0.05) is 25.3 Å². The molecule has 0 N–H and O–H groups in total. The van der Waals surface area contributed by atoms with Crippen molar-refractivity contribution in [3.8, 4) is 0 Å². The number of hydrogen-bond acceptors (Lipinski definition) is 9. The van der Waals surface area contributed by atoms with Crippen molar-refractivity contribution < 1.29 is 52.4 Å². The Balaban J connectivity index is 0.000000262. The number of fused-ring (bicyclic) bond motifs is 1. The topological polar surface area (TPSA) is 172 Å². The zero-order valence-corrected chi connectivity index (χ0v) is 35.4. The van der Waals surface area contributed by atoms with Crippen LogP contribution in [0.25, 0.3) is 10.8 Å². The highest BCUT2D eigenvalue weighted by atomic mass is 32.2. The van der Waals surface area contributed by atoms with Gasteiger partial charge in [-0.15, -0.1) is 0 Å². The summed E-state index contributed by atoms with van der Waals surface area (Å²) in [5.41, 5.74) is 0. The highest BCUT2D eigenvalue weighted by molar-refractivity contribution is 7.86. The third kappa shape index (κ3) is 15.6. The van der Waals surface area contributed by atoms with Gasteiger partial charge in [0.1, 0.15) is 30.4 Å². The van der Waals surface area contributed by atoms with Gasteiger partial charge >= 0.3 is 0 Å². The second-order valence-electron chi connectivity index (χ2n) is 17.4. The molecule has 0 unspecified atom stereocenters. The van der Waals surface area contributed by atoms with Crippen molar-refractivity contribution in [1.29, 1.82) is 0 Å². The lowest BCUT2D eigenvalue weighted by atomic mass is 9.94. The van der Waals surface area contributed by atoms with Crippen molar-refractivity contribution in [2.75, 3.05) is 63.4 Å². The van der Waals surface area contributed by atoms with Crippen molar-refractivity contribution in [3.63, 3.8) is 0 Å². The van der Waals surface area contributed by atoms with Gasteiger partial charge in [0.25, 0.3) is 0 Å². The first-order valence-corrected chi connectivity index (χ1v) is 22.7. The highest BCUT2D eigenvalue weighted by Crippen LogP contribution is 2.30. The predicted molar refractivity (Wildman–Crippen MR) is 203 cm³/mol. The summed E-state index contributed by atoms with van der Waals surface area (Å²) >= 11 is 0. The smallest absolute Gasteiger partial charge is 0.125 e. The first kappa shape index (κ1) is 46.5. The molecule has 0 spiro atoms. The minimum atomic E-state index is -5.14. The zero-order chi connectivity index (χ0) is 39.8. The van der Waals surface area contributed by atoms with Crippen LogP contribution in [0, 0.1) is 0 Å². The molecule has 3 aliphatic rings. The van der Waals surface area contributed by atoms with Crippen LogP contribution in [-0.4, -0.2) is 134 Å². The lowest BCUT2D eigenvalue weighted by molar-refractivity contribution is -0.897. The monoisotopic (exact) mass is 791 g/mol. The first-order valence-electron chi connectivity index (χ1n) is 18.5. The Hall–Kier alpha value is -1.69. The Morgan fingerprint density at radius 2 is 0.750 bits per heavy atom. The molecule has 0 amide bonds. The van der Waals surface area contributed by atoms with E-state index in [2.05, 4.69) is 63.4 Å². The van der Waals surface area contributed by atoms with E-state index in [9.17, 15) is 38.9 Å². The van der Waals surface area contributed by atoms with Crippen LogP contribution >= 0.6 is 0 Å². The van der Waals surface area contributed by atoms with Gasteiger partial charge in [0, 0.05) is 0 Å². The van der Waals surface area contributed by atoms with E-state index in [1.165, 1.54) is 110 Å². The van der Waals surface area contributed by atoms with Gasteiger partial charge in [-0.2, -0.15) is 0 Å². The average Bonchev–Trinajstić information content (AvgIpc) is 3.04. The molecule has 5 rings (SSSR count). The summed E-state index contributed by atoms with van der Waals surface area (Å²) in [7, 11) is 5.70. The van der Waals surface area contributed by atoms with Crippen LogP contribution in [-0.2, 0) is 30.4 Å². The summed E-state index contributed by atoms with van der Waals surface area (Å²) in [5, 5.41) is -0.668. The molecule has 12 nitrogen and oxygen atoms in total. The molecule has 0 atom stereocenters. The van der Waals surface area contributed by atoms with E-state index in [1.54, 1.807) is 0 Å². The van der Waals surface area contributed by atoms with E-state index in [4.69, 9.17) is 0 Å². The summed E-state index contributed by atoms with van der Waals surface area (Å²) in [5.74, 6) is 0. The normalized spacial score (nSPS) is 19.0. The standard InChI is InChI=1S/C10H8O9S3.3C9H20N/c11-20(12,13)7-1-2-9-6(3-7)4-8(21(14,15)16)5-10(9)22(17,18)19;3*1-10(2,3)9-7-5-4-6-8-9/h1-5H,(H,11,12,13)(H,14,15,16)(H,17,18,19);3*9H,4-8H2,1-3H3/q;3*+1/p-3. The Morgan fingerprint density at radius 3 is 1.00 bits per heavy atom. The van der Waals surface area contributed by atoms with Crippen LogP contribution < -0.4 is 0 Å². The number of rotatable bonds is 6. The molecule has 15 heteroatoms. The van der Waals surface area contributed by atoms with E-state index in [-0.39, 0.29) is 10.8 Å². The van der Waals surface area contributed by atoms with E-state index in [1.807, 2.05) is 0 Å².